The molecule has 122 valence electrons. The van der Waals surface area contributed by atoms with E-state index in [2.05, 4.69) is 5.32 Å². The second-order valence-electron chi connectivity index (χ2n) is 5.16. The van der Waals surface area contributed by atoms with Crippen LogP contribution >= 0.6 is 0 Å². The number of carboxylic acid groups (broad SMARTS) is 1. The van der Waals surface area contributed by atoms with Crippen molar-refractivity contribution in [3.05, 3.63) is 0 Å². The normalized spacial score (nSPS) is 18.3. The van der Waals surface area contributed by atoms with Crippen LogP contribution in [0.25, 0.3) is 0 Å². The van der Waals surface area contributed by atoms with Gasteiger partial charge in [0.1, 0.15) is 0 Å². The van der Waals surface area contributed by atoms with E-state index in [1.54, 1.807) is 0 Å². The fourth-order valence-corrected chi connectivity index (χ4v) is 3.03. The standard InChI is InChI=1S/C12H23N3O5S/c1-3-4-10(11(16)17)9-13-12(18)14-5-7-15(8-6-14)21(2,19)20/h10H,3-9H2,1-2H3,(H,13,18)(H,16,17). The largest absolute Gasteiger partial charge is 0.481 e. The van der Waals surface area contributed by atoms with Gasteiger partial charge < -0.3 is 15.3 Å². The smallest absolute Gasteiger partial charge is 0.317 e. The Bertz CT molecular complexity index is 471. The number of carboxylic acids is 1. The number of carbonyl (C=O) groups is 2. The first-order chi connectivity index (χ1) is 9.75. The summed E-state index contributed by atoms with van der Waals surface area (Å²) < 4.78 is 24.1. The van der Waals surface area contributed by atoms with Crippen molar-refractivity contribution < 1.29 is 23.1 Å². The Morgan fingerprint density at radius 1 is 1.24 bits per heavy atom. The van der Waals surface area contributed by atoms with Crippen LogP contribution in [0.5, 0.6) is 0 Å². The van der Waals surface area contributed by atoms with Crippen LogP contribution in [0.15, 0.2) is 0 Å². The fraction of sp³-hybridized carbons (Fsp3) is 0.833. The van der Waals surface area contributed by atoms with Crippen molar-refractivity contribution in [2.75, 3.05) is 39.0 Å². The highest BCUT2D eigenvalue weighted by Gasteiger charge is 2.26. The zero-order chi connectivity index (χ0) is 16.0. The van der Waals surface area contributed by atoms with E-state index in [0.717, 1.165) is 12.7 Å². The summed E-state index contributed by atoms with van der Waals surface area (Å²) in [4.78, 5) is 24.4. The molecule has 0 spiro atoms. The van der Waals surface area contributed by atoms with Gasteiger partial charge in [0.2, 0.25) is 10.0 Å². The van der Waals surface area contributed by atoms with Crippen LogP contribution < -0.4 is 5.32 Å². The topological polar surface area (TPSA) is 107 Å². The molecule has 1 aliphatic heterocycles. The highest BCUT2D eigenvalue weighted by molar-refractivity contribution is 7.88. The maximum Gasteiger partial charge on any atom is 0.317 e. The zero-order valence-corrected chi connectivity index (χ0v) is 13.2. The van der Waals surface area contributed by atoms with Gasteiger partial charge in [0.15, 0.2) is 0 Å². The van der Waals surface area contributed by atoms with Crippen molar-refractivity contribution in [1.82, 2.24) is 14.5 Å². The third-order valence-electron chi connectivity index (χ3n) is 3.48. The van der Waals surface area contributed by atoms with Gasteiger partial charge in [-0.2, -0.15) is 4.31 Å². The molecule has 9 heteroatoms. The number of piperazine rings is 1. The quantitative estimate of drug-likeness (QED) is 0.703. The number of rotatable bonds is 6. The van der Waals surface area contributed by atoms with Gasteiger partial charge in [0.25, 0.3) is 0 Å². The van der Waals surface area contributed by atoms with Crippen molar-refractivity contribution in [2.24, 2.45) is 5.92 Å². The first-order valence-electron chi connectivity index (χ1n) is 6.96. The molecule has 1 aliphatic rings. The minimum absolute atomic E-state index is 0.0916. The number of nitrogens with zero attached hydrogens (tertiary/aromatic N) is 2. The van der Waals surface area contributed by atoms with Crippen molar-refractivity contribution in [3.8, 4) is 0 Å². The zero-order valence-electron chi connectivity index (χ0n) is 12.4. The molecule has 1 unspecified atom stereocenters. The number of carbonyl (C=O) groups excluding carboxylic acids is 1. The lowest BCUT2D eigenvalue weighted by atomic mass is 10.0. The molecule has 0 aliphatic carbocycles. The molecule has 1 saturated heterocycles. The van der Waals surface area contributed by atoms with Gasteiger partial charge in [-0.3, -0.25) is 4.79 Å². The predicted octanol–water partition coefficient (Wildman–Crippen LogP) is -0.226. The molecular weight excluding hydrogens is 298 g/mol. The Hall–Kier alpha value is -1.35. The summed E-state index contributed by atoms with van der Waals surface area (Å²) >= 11 is 0. The molecule has 8 nitrogen and oxygen atoms in total. The lowest BCUT2D eigenvalue weighted by molar-refractivity contribution is -0.141. The molecule has 0 saturated carbocycles. The van der Waals surface area contributed by atoms with Gasteiger partial charge in [-0.05, 0) is 6.42 Å². The number of nitrogens with one attached hydrogen (secondary N) is 1. The monoisotopic (exact) mass is 321 g/mol. The summed E-state index contributed by atoms with van der Waals surface area (Å²) in [5.41, 5.74) is 0. The molecular formula is C12H23N3O5S. The number of amides is 2. The Balaban J connectivity index is 2.42. The maximum absolute atomic E-state index is 11.9. The number of hydrogen-bond donors (Lipinski definition) is 2. The summed E-state index contributed by atoms with van der Waals surface area (Å²) in [7, 11) is -3.22. The molecule has 1 fully saturated rings. The SMILES string of the molecule is CCCC(CNC(=O)N1CCN(S(C)(=O)=O)CC1)C(=O)O. The number of sulfonamides is 1. The van der Waals surface area contributed by atoms with E-state index < -0.39 is 21.9 Å². The molecule has 2 N–H and O–H groups in total. The molecule has 0 radical (unpaired) electrons. The van der Waals surface area contributed by atoms with Gasteiger partial charge in [-0.1, -0.05) is 13.3 Å². The Morgan fingerprint density at radius 2 is 1.81 bits per heavy atom. The number of hydrogen-bond acceptors (Lipinski definition) is 4. The van der Waals surface area contributed by atoms with E-state index in [-0.39, 0.29) is 25.7 Å². The van der Waals surface area contributed by atoms with Crippen molar-refractivity contribution in [3.63, 3.8) is 0 Å². The number of aliphatic carboxylic acids is 1. The average molecular weight is 321 g/mol. The molecule has 0 aromatic rings. The van der Waals surface area contributed by atoms with Gasteiger partial charge in [-0.25, -0.2) is 13.2 Å². The molecule has 1 heterocycles. The summed E-state index contributed by atoms with van der Waals surface area (Å²) in [5.74, 6) is -1.50. The molecule has 0 bridgehead atoms. The highest BCUT2D eigenvalue weighted by Crippen LogP contribution is 2.08. The third kappa shape index (κ3) is 5.50. The van der Waals surface area contributed by atoms with E-state index in [1.165, 1.54) is 9.21 Å². The molecule has 0 aromatic heterocycles. The highest BCUT2D eigenvalue weighted by atomic mass is 32.2. The average Bonchev–Trinajstić information content (AvgIpc) is 2.42. The second-order valence-corrected chi connectivity index (χ2v) is 7.14. The van der Waals surface area contributed by atoms with Crippen LogP contribution in [-0.2, 0) is 14.8 Å². The van der Waals surface area contributed by atoms with Crippen LogP contribution in [-0.4, -0.2) is 73.7 Å². The predicted molar refractivity (Wildman–Crippen MR) is 77.4 cm³/mol. The maximum atomic E-state index is 11.9. The van der Waals surface area contributed by atoms with Crippen LogP contribution in [0.3, 0.4) is 0 Å². The van der Waals surface area contributed by atoms with Crippen LogP contribution in [0.1, 0.15) is 19.8 Å². The van der Waals surface area contributed by atoms with Gasteiger partial charge in [0, 0.05) is 32.7 Å². The third-order valence-corrected chi connectivity index (χ3v) is 4.78. The van der Waals surface area contributed by atoms with Crippen molar-refractivity contribution in [1.29, 1.82) is 0 Å². The van der Waals surface area contributed by atoms with Crippen LogP contribution in [0, 0.1) is 5.92 Å². The van der Waals surface area contributed by atoms with E-state index in [0.29, 0.717) is 19.5 Å². The van der Waals surface area contributed by atoms with Gasteiger partial charge >= 0.3 is 12.0 Å². The number of urea groups is 1. The van der Waals surface area contributed by atoms with Gasteiger partial charge in [0.05, 0.1) is 12.2 Å². The second kappa shape index (κ2) is 7.60. The van der Waals surface area contributed by atoms with Crippen LogP contribution in [0.4, 0.5) is 4.79 Å². The lowest BCUT2D eigenvalue weighted by Crippen LogP contribution is -2.53. The van der Waals surface area contributed by atoms with E-state index in [4.69, 9.17) is 5.11 Å². The molecule has 2 amide bonds. The summed E-state index contributed by atoms with van der Waals surface area (Å²) in [5, 5.41) is 11.6. The fourth-order valence-electron chi connectivity index (χ4n) is 2.21. The van der Waals surface area contributed by atoms with Crippen molar-refractivity contribution in [2.45, 2.75) is 19.8 Å². The summed E-state index contributed by atoms with van der Waals surface area (Å²) in [6.45, 7) is 3.14. The lowest BCUT2D eigenvalue weighted by Gasteiger charge is -2.33. The molecule has 21 heavy (non-hydrogen) atoms. The Morgan fingerprint density at radius 3 is 2.24 bits per heavy atom. The Labute approximate surface area is 125 Å². The van der Waals surface area contributed by atoms with Crippen LogP contribution in [0.2, 0.25) is 0 Å². The Kier molecular flexibility index (Phi) is 6.41. The first-order valence-corrected chi connectivity index (χ1v) is 8.81. The molecule has 0 aromatic carbocycles. The van der Waals surface area contributed by atoms with Crippen molar-refractivity contribution >= 4 is 22.0 Å². The minimum Gasteiger partial charge on any atom is -0.481 e. The first kappa shape index (κ1) is 17.7. The molecule has 1 rings (SSSR count). The molecule has 1 atom stereocenters. The van der Waals surface area contributed by atoms with E-state index in [9.17, 15) is 18.0 Å². The van der Waals surface area contributed by atoms with E-state index in [1.807, 2.05) is 6.92 Å². The van der Waals surface area contributed by atoms with Gasteiger partial charge in [-0.15, -0.1) is 0 Å². The minimum atomic E-state index is -3.22. The van der Waals surface area contributed by atoms with E-state index >= 15 is 0 Å². The summed E-state index contributed by atoms with van der Waals surface area (Å²) in [6.07, 6.45) is 2.39. The summed E-state index contributed by atoms with van der Waals surface area (Å²) in [6, 6.07) is -0.342.